The molecule has 0 saturated carbocycles. The second-order valence-corrected chi connectivity index (χ2v) is 1.57. The first-order valence-corrected chi connectivity index (χ1v) is 2.45. The molecule has 0 fully saturated rings. The van der Waals surface area contributed by atoms with Crippen molar-refractivity contribution < 1.29 is 4.79 Å². The monoisotopic (exact) mass is 123 g/mol. The highest BCUT2D eigenvalue weighted by atomic mass is 16.1. The zero-order chi connectivity index (χ0) is 6.69. The van der Waals surface area contributed by atoms with E-state index in [0.29, 0.717) is 0 Å². The first-order valence-electron chi connectivity index (χ1n) is 2.45. The number of hydrogen-bond donors (Lipinski definition) is 2. The van der Waals surface area contributed by atoms with E-state index < -0.39 is 6.17 Å². The molecule has 1 aliphatic heterocycles. The summed E-state index contributed by atoms with van der Waals surface area (Å²) in [6.07, 6.45) is 2.21. The van der Waals surface area contributed by atoms with Crippen molar-refractivity contribution in [1.29, 1.82) is 5.26 Å². The van der Waals surface area contributed by atoms with Crippen LogP contribution in [-0.4, -0.2) is 12.1 Å². The molecular weight excluding hydrogens is 118 g/mol. The van der Waals surface area contributed by atoms with E-state index in [2.05, 4.69) is 10.6 Å². The molecule has 1 unspecified atom stereocenters. The van der Waals surface area contributed by atoms with E-state index in [1.807, 2.05) is 6.07 Å². The molecular formula is C5H5N3O. The smallest absolute Gasteiger partial charge is 0.247 e. The van der Waals surface area contributed by atoms with Gasteiger partial charge in [0.2, 0.25) is 5.91 Å². The standard InChI is InChI=1S/C5H5N3O/c6-3-4-7-2-1-5(9)8-4/h1-2,4,7H,(H,8,9). The third-order valence-corrected chi connectivity index (χ3v) is 0.913. The number of nitrogens with zero attached hydrogens (tertiary/aromatic N) is 1. The highest BCUT2D eigenvalue weighted by molar-refractivity contribution is 5.88. The van der Waals surface area contributed by atoms with Crippen LogP contribution in [0.5, 0.6) is 0 Å². The molecule has 46 valence electrons. The largest absolute Gasteiger partial charge is 0.359 e. The minimum atomic E-state index is -0.567. The maximum atomic E-state index is 10.4. The molecule has 0 spiro atoms. The molecule has 1 atom stereocenters. The van der Waals surface area contributed by atoms with E-state index in [1.54, 1.807) is 0 Å². The number of amides is 1. The maximum Gasteiger partial charge on any atom is 0.247 e. The SMILES string of the molecule is N#CC1NC=CC(=O)N1. The summed E-state index contributed by atoms with van der Waals surface area (Å²) in [6.45, 7) is 0. The van der Waals surface area contributed by atoms with Crippen molar-refractivity contribution in [3.8, 4) is 6.07 Å². The first-order chi connectivity index (χ1) is 4.33. The van der Waals surface area contributed by atoms with Crippen LogP contribution in [0.1, 0.15) is 0 Å². The van der Waals surface area contributed by atoms with Crippen LogP contribution in [0.3, 0.4) is 0 Å². The summed E-state index contributed by atoms with van der Waals surface area (Å²) >= 11 is 0. The van der Waals surface area contributed by atoms with Crippen molar-refractivity contribution in [1.82, 2.24) is 10.6 Å². The molecule has 0 aliphatic carbocycles. The lowest BCUT2D eigenvalue weighted by molar-refractivity contribution is -0.117. The molecule has 4 heteroatoms. The van der Waals surface area contributed by atoms with Gasteiger partial charge in [-0.3, -0.25) is 4.79 Å². The molecule has 1 heterocycles. The van der Waals surface area contributed by atoms with Gasteiger partial charge >= 0.3 is 0 Å². The summed E-state index contributed by atoms with van der Waals surface area (Å²) in [5, 5.41) is 13.2. The zero-order valence-electron chi connectivity index (χ0n) is 4.59. The van der Waals surface area contributed by atoms with E-state index in [1.165, 1.54) is 12.3 Å². The Morgan fingerprint density at radius 3 is 3.00 bits per heavy atom. The summed E-state index contributed by atoms with van der Waals surface area (Å²) in [6, 6.07) is 1.84. The normalized spacial score (nSPS) is 23.9. The van der Waals surface area contributed by atoms with Gasteiger partial charge in [-0.1, -0.05) is 0 Å². The van der Waals surface area contributed by atoms with Gasteiger partial charge in [0.1, 0.15) is 6.07 Å². The van der Waals surface area contributed by atoms with Crippen molar-refractivity contribution >= 4 is 5.91 Å². The van der Waals surface area contributed by atoms with Gasteiger partial charge < -0.3 is 10.6 Å². The van der Waals surface area contributed by atoms with Gasteiger partial charge in [-0.2, -0.15) is 5.26 Å². The molecule has 0 saturated heterocycles. The van der Waals surface area contributed by atoms with Gasteiger partial charge in [0.05, 0.1) is 0 Å². The van der Waals surface area contributed by atoms with E-state index in [4.69, 9.17) is 5.26 Å². The fraction of sp³-hybridized carbons (Fsp3) is 0.200. The number of nitriles is 1. The van der Waals surface area contributed by atoms with Crippen LogP contribution in [0, 0.1) is 11.3 Å². The summed E-state index contributed by atoms with van der Waals surface area (Å²) in [4.78, 5) is 10.4. The Hall–Kier alpha value is -1.50. The predicted octanol–water partition coefficient (Wildman–Crippen LogP) is -0.931. The Morgan fingerprint density at radius 2 is 2.56 bits per heavy atom. The fourth-order valence-electron chi connectivity index (χ4n) is 0.522. The molecule has 1 rings (SSSR count). The number of hydrogen-bond acceptors (Lipinski definition) is 3. The molecule has 1 aliphatic rings. The maximum absolute atomic E-state index is 10.4. The fourth-order valence-corrected chi connectivity index (χ4v) is 0.522. The molecule has 1 amide bonds. The highest BCUT2D eigenvalue weighted by Crippen LogP contribution is 1.83. The molecule has 0 aromatic carbocycles. The average Bonchev–Trinajstić information content (AvgIpc) is 1.88. The summed E-state index contributed by atoms with van der Waals surface area (Å²) in [7, 11) is 0. The number of carbonyl (C=O) groups excluding carboxylic acids is 1. The quantitative estimate of drug-likeness (QED) is 0.437. The summed E-state index contributed by atoms with van der Waals surface area (Å²) < 4.78 is 0. The van der Waals surface area contributed by atoms with Crippen molar-refractivity contribution in [3.05, 3.63) is 12.3 Å². The summed E-state index contributed by atoms with van der Waals surface area (Å²) in [5.41, 5.74) is 0. The van der Waals surface area contributed by atoms with E-state index in [-0.39, 0.29) is 5.91 Å². The molecule has 0 aromatic rings. The Bertz CT molecular complexity index is 191. The van der Waals surface area contributed by atoms with E-state index in [9.17, 15) is 4.79 Å². The number of rotatable bonds is 0. The van der Waals surface area contributed by atoms with E-state index >= 15 is 0 Å². The Labute approximate surface area is 52.2 Å². The lowest BCUT2D eigenvalue weighted by Gasteiger charge is -2.13. The van der Waals surface area contributed by atoms with Crippen LogP contribution in [0.25, 0.3) is 0 Å². The molecule has 0 bridgehead atoms. The Balaban J connectivity index is 2.60. The lowest BCUT2D eigenvalue weighted by Crippen LogP contribution is -2.44. The van der Waals surface area contributed by atoms with E-state index in [0.717, 1.165) is 0 Å². The molecule has 2 N–H and O–H groups in total. The minimum absolute atomic E-state index is 0.236. The summed E-state index contributed by atoms with van der Waals surface area (Å²) in [5.74, 6) is -0.236. The van der Waals surface area contributed by atoms with Gasteiger partial charge in [0, 0.05) is 12.3 Å². The third kappa shape index (κ3) is 1.19. The molecule has 4 nitrogen and oxygen atoms in total. The Morgan fingerprint density at radius 1 is 1.78 bits per heavy atom. The van der Waals surface area contributed by atoms with Crippen LogP contribution in [0.4, 0.5) is 0 Å². The van der Waals surface area contributed by atoms with Gasteiger partial charge in [-0.25, -0.2) is 0 Å². The molecule has 0 radical (unpaired) electrons. The van der Waals surface area contributed by atoms with Crippen LogP contribution in [0.2, 0.25) is 0 Å². The van der Waals surface area contributed by atoms with Gasteiger partial charge in [-0.15, -0.1) is 0 Å². The zero-order valence-corrected chi connectivity index (χ0v) is 4.59. The van der Waals surface area contributed by atoms with Crippen molar-refractivity contribution in [2.45, 2.75) is 6.17 Å². The van der Waals surface area contributed by atoms with Gasteiger partial charge in [-0.05, 0) is 0 Å². The number of nitrogens with one attached hydrogen (secondary N) is 2. The van der Waals surface area contributed by atoms with Gasteiger partial charge in [0.25, 0.3) is 0 Å². The average molecular weight is 123 g/mol. The van der Waals surface area contributed by atoms with Gasteiger partial charge in [0.15, 0.2) is 6.17 Å². The second-order valence-electron chi connectivity index (χ2n) is 1.57. The first kappa shape index (κ1) is 5.63. The second kappa shape index (κ2) is 2.18. The highest BCUT2D eigenvalue weighted by Gasteiger charge is 2.09. The molecule has 9 heavy (non-hydrogen) atoms. The molecule has 0 aromatic heterocycles. The van der Waals surface area contributed by atoms with Crippen molar-refractivity contribution in [3.63, 3.8) is 0 Å². The van der Waals surface area contributed by atoms with Crippen LogP contribution < -0.4 is 10.6 Å². The van der Waals surface area contributed by atoms with Crippen LogP contribution in [-0.2, 0) is 4.79 Å². The third-order valence-electron chi connectivity index (χ3n) is 0.913. The predicted molar refractivity (Wildman–Crippen MR) is 29.8 cm³/mol. The van der Waals surface area contributed by atoms with Crippen molar-refractivity contribution in [2.75, 3.05) is 0 Å². The van der Waals surface area contributed by atoms with Crippen molar-refractivity contribution in [2.24, 2.45) is 0 Å². The Kier molecular flexibility index (Phi) is 1.36. The van der Waals surface area contributed by atoms with Crippen LogP contribution >= 0.6 is 0 Å². The minimum Gasteiger partial charge on any atom is -0.359 e. The lowest BCUT2D eigenvalue weighted by atomic mass is 10.4. The number of carbonyl (C=O) groups is 1. The van der Waals surface area contributed by atoms with Crippen LogP contribution in [0.15, 0.2) is 12.3 Å². The topological polar surface area (TPSA) is 64.9 Å².